The molecule has 0 bridgehead atoms. The number of hydrogen-bond acceptors (Lipinski definition) is 1. The third-order valence-electron chi connectivity index (χ3n) is 7.46. The summed E-state index contributed by atoms with van der Waals surface area (Å²) in [7, 11) is 0. The first-order valence-corrected chi connectivity index (χ1v) is 12.5. The van der Waals surface area contributed by atoms with E-state index in [1.54, 1.807) is 30.3 Å². The highest BCUT2D eigenvalue weighted by molar-refractivity contribution is 6.22. The van der Waals surface area contributed by atoms with Gasteiger partial charge in [-0.1, -0.05) is 109 Å². The van der Waals surface area contributed by atoms with Crippen molar-refractivity contribution in [1.82, 2.24) is 0 Å². The van der Waals surface area contributed by atoms with E-state index < -0.39 is 24.2 Å². The van der Waals surface area contributed by atoms with Crippen LogP contribution in [0.15, 0.2) is 132 Å². The Hall–Kier alpha value is -4.88. The van der Waals surface area contributed by atoms with E-state index in [1.807, 2.05) is 43.3 Å². The first kappa shape index (κ1) is 14.8. The minimum Gasteiger partial charge on any atom is -0.456 e. The Morgan fingerprint density at radius 2 is 1.13 bits per heavy atom. The second-order valence-corrected chi connectivity index (χ2v) is 9.53. The van der Waals surface area contributed by atoms with Crippen LogP contribution in [0.3, 0.4) is 0 Å². The van der Waals surface area contributed by atoms with Crippen LogP contribution >= 0.6 is 0 Å². The van der Waals surface area contributed by atoms with Crippen LogP contribution < -0.4 is 0 Å². The van der Waals surface area contributed by atoms with Crippen molar-refractivity contribution in [3.8, 4) is 22.3 Å². The average Bonchev–Trinajstić information content (AvgIpc) is 3.45. The van der Waals surface area contributed by atoms with Crippen molar-refractivity contribution in [2.75, 3.05) is 0 Å². The number of furan rings is 1. The number of rotatable bonds is 2. The van der Waals surface area contributed by atoms with E-state index in [0.717, 1.165) is 32.7 Å². The van der Waals surface area contributed by atoms with E-state index in [9.17, 15) is 0 Å². The monoisotopic (exact) mass is 492 g/mol. The van der Waals surface area contributed by atoms with Crippen molar-refractivity contribution in [3.63, 3.8) is 0 Å². The molecule has 0 N–H and O–H groups in total. The van der Waals surface area contributed by atoms with Crippen molar-refractivity contribution >= 4 is 54.3 Å². The third kappa shape index (κ3) is 2.99. The quantitative estimate of drug-likeness (QED) is 0.219. The second kappa shape index (κ2) is 8.06. The molecule has 1 heterocycles. The van der Waals surface area contributed by atoms with Crippen LogP contribution in [0.1, 0.15) is 16.5 Å². The third-order valence-corrected chi connectivity index (χ3v) is 7.46. The Morgan fingerprint density at radius 3 is 1.82 bits per heavy atom. The van der Waals surface area contributed by atoms with Crippen LogP contribution in [-0.2, 0) is 0 Å². The zero-order valence-electron chi connectivity index (χ0n) is 28.4. The van der Waals surface area contributed by atoms with Gasteiger partial charge in [0.25, 0.3) is 0 Å². The Bertz CT molecular complexity index is 2540. The van der Waals surface area contributed by atoms with Crippen LogP contribution in [0.5, 0.6) is 0 Å². The van der Waals surface area contributed by atoms with Crippen LogP contribution in [0.2, 0.25) is 0 Å². The molecule has 0 unspecified atom stereocenters. The van der Waals surface area contributed by atoms with Crippen LogP contribution in [0, 0.1) is 6.92 Å². The van der Waals surface area contributed by atoms with Gasteiger partial charge in [0, 0.05) is 16.3 Å². The van der Waals surface area contributed by atoms with E-state index in [1.165, 1.54) is 0 Å². The molecule has 1 heteroatoms. The van der Waals surface area contributed by atoms with Gasteiger partial charge in [0.2, 0.25) is 0 Å². The minimum atomic E-state index is -0.421. The van der Waals surface area contributed by atoms with Crippen molar-refractivity contribution < 1.29 is 15.4 Å². The predicted molar refractivity (Wildman–Crippen MR) is 162 cm³/mol. The molecule has 8 rings (SSSR count). The number of fused-ring (bicyclic) bond motifs is 6. The lowest BCUT2D eigenvalue weighted by Crippen LogP contribution is -1.90. The summed E-state index contributed by atoms with van der Waals surface area (Å²) in [4.78, 5) is 0. The van der Waals surface area contributed by atoms with E-state index >= 15 is 0 Å². The van der Waals surface area contributed by atoms with Gasteiger partial charge in [0.1, 0.15) is 11.2 Å². The van der Waals surface area contributed by atoms with Crippen LogP contribution in [0.4, 0.5) is 0 Å². The molecule has 7 aromatic carbocycles. The fraction of sp³-hybridized carbons (Fsp3) is 0.0270. The zero-order chi connectivity index (χ0) is 32.2. The molecule has 0 amide bonds. The molecule has 0 saturated carbocycles. The minimum absolute atomic E-state index is 0.191. The summed E-state index contributed by atoms with van der Waals surface area (Å²) in [6, 6.07) is 21.8. The molecule has 1 nitrogen and oxygen atoms in total. The van der Waals surface area contributed by atoms with E-state index in [-0.39, 0.29) is 45.7 Å². The zero-order valence-corrected chi connectivity index (χ0v) is 20.4. The normalized spacial score (nSPS) is 14.8. The van der Waals surface area contributed by atoms with E-state index in [2.05, 4.69) is 12.1 Å². The maximum Gasteiger partial charge on any atom is 0.138 e. The SMILES string of the molecule is [2H]c1c([2H])c([2H])c2c(-c3ccc4oc5c(C)c6ccccc6cc5c4c3)c3c([2H])c([2H])c([2H])c([2H])c3c(-c3ccccc3)c2c1[2H]. The van der Waals surface area contributed by atoms with Crippen LogP contribution in [-0.4, -0.2) is 0 Å². The summed E-state index contributed by atoms with van der Waals surface area (Å²) in [5.74, 6) is 0. The van der Waals surface area contributed by atoms with Gasteiger partial charge in [-0.3, -0.25) is 0 Å². The highest BCUT2D eigenvalue weighted by Gasteiger charge is 2.18. The lowest BCUT2D eigenvalue weighted by atomic mass is 9.86. The summed E-state index contributed by atoms with van der Waals surface area (Å²) in [5, 5.41) is 4.57. The average molecular weight is 493 g/mol. The Kier molecular flexibility index (Phi) is 3.13. The summed E-state index contributed by atoms with van der Waals surface area (Å²) in [6.07, 6.45) is 0. The summed E-state index contributed by atoms with van der Waals surface area (Å²) in [6.45, 7) is 2.02. The second-order valence-electron chi connectivity index (χ2n) is 9.53. The molecule has 38 heavy (non-hydrogen) atoms. The molecule has 0 aliphatic rings. The Balaban J connectivity index is 1.63. The van der Waals surface area contributed by atoms with Gasteiger partial charge in [0.15, 0.2) is 0 Å². The molecular weight excluding hydrogens is 460 g/mol. The summed E-state index contributed by atoms with van der Waals surface area (Å²) >= 11 is 0. The van der Waals surface area contributed by atoms with E-state index in [4.69, 9.17) is 15.4 Å². The van der Waals surface area contributed by atoms with Crippen molar-refractivity contribution in [2.45, 2.75) is 6.92 Å². The molecule has 8 aromatic rings. The standard InChI is InChI=1S/C37H24O/c1-23-27-14-6-5-13-25(27)21-33-32-22-26(19-20-34(32)38-37(23)33)36-30-17-9-7-15-28(30)35(24-11-3-2-4-12-24)29-16-8-10-18-31(29)36/h2-22H,1H3/i7D,8D,9D,10D,15D,16D,17D,18D. The summed E-state index contributed by atoms with van der Waals surface area (Å²) in [5.41, 5.74) is 4.16. The van der Waals surface area contributed by atoms with Crippen molar-refractivity contribution in [3.05, 3.63) is 133 Å². The highest BCUT2D eigenvalue weighted by atomic mass is 16.3. The first-order valence-electron chi connectivity index (χ1n) is 16.5. The molecule has 0 atom stereocenters. The predicted octanol–water partition coefficient (Wildman–Crippen LogP) is 10.7. The molecule has 0 fully saturated rings. The molecule has 0 radical (unpaired) electrons. The number of aryl methyl sites for hydroxylation is 1. The molecule has 0 aliphatic heterocycles. The van der Waals surface area contributed by atoms with E-state index in [0.29, 0.717) is 27.8 Å². The largest absolute Gasteiger partial charge is 0.456 e. The summed E-state index contributed by atoms with van der Waals surface area (Å²) < 4.78 is 77.3. The maximum atomic E-state index is 9.15. The van der Waals surface area contributed by atoms with Gasteiger partial charge in [0.05, 0.1) is 11.0 Å². The topological polar surface area (TPSA) is 13.1 Å². The van der Waals surface area contributed by atoms with Gasteiger partial charge in [-0.25, -0.2) is 0 Å². The number of hydrogen-bond donors (Lipinski definition) is 0. The highest BCUT2D eigenvalue weighted by Crippen LogP contribution is 2.45. The Morgan fingerprint density at radius 1 is 0.526 bits per heavy atom. The molecule has 0 spiro atoms. The Labute approximate surface area is 231 Å². The van der Waals surface area contributed by atoms with Gasteiger partial charge in [-0.2, -0.15) is 0 Å². The van der Waals surface area contributed by atoms with Crippen molar-refractivity contribution in [2.24, 2.45) is 0 Å². The van der Waals surface area contributed by atoms with Gasteiger partial charge >= 0.3 is 0 Å². The maximum absolute atomic E-state index is 9.15. The van der Waals surface area contributed by atoms with Gasteiger partial charge in [-0.15, -0.1) is 0 Å². The smallest absolute Gasteiger partial charge is 0.138 e. The molecule has 0 aliphatic carbocycles. The van der Waals surface area contributed by atoms with Crippen molar-refractivity contribution in [1.29, 1.82) is 0 Å². The first-order chi connectivity index (χ1) is 22.1. The molecular formula is C37H24O. The van der Waals surface area contributed by atoms with Crippen LogP contribution in [0.25, 0.3) is 76.5 Å². The molecule has 0 saturated heterocycles. The number of benzene rings is 7. The van der Waals surface area contributed by atoms with Gasteiger partial charge < -0.3 is 4.42 Å². The van der Waals surface area contributed by atoms with Gasteiger partial charge in [-0.05, 0) is 79.7 Å². The lowest BCUT2D eigenvalue weighted by molar-refractivity contribution is 0.666. The fourth-order valence-electron chi connectivity index (χ4n) is 5.74. The molecule has 1 aromatic heterocycles. The molecule has 178 valence electrons. The fourth-order valence-corrected chi connectivity index (χ4v) is 5.74. The lowest BCUT2D eigenvalue weighted by Gasteiger charge is -2.17.